The Bertz CT molecular complexity index is 254. The summed E-state index contributed by atoms with van der Waals surface area (Å²) in [4.78, 5) is 0. The fraction of sp³-hybridized carbons (Fsp3) is 0.700. The third kappa shape index (κ3) is 27.5. The lowest BCUT2D eigenvalue weighted by molar-refractivity contribution is 0.282. The van der Waals surface area contributed by atoms with Crippen LogP contribution >= 0.6 is 0 Å². The van der Waals surface area contributed by atoms with Crippen molar-refractivity contribution in [2.24, 2.45) is 0 Å². The van der Waals surface area contributed by atoms with Gasteiger partial charge < -0.3 is 10.2 Å². The van der Waals surface area contributed by atoms with Crippen LogP contribution in [0.15, 0.2) is 36.5 Å². The van der Waals surface area contributed by atoms with Crippen LogP contribution in [0.1, 0.15) is 78.1 Å². The van der Waals surface area contributed by atoms with Crippen LogP contribution in [0.25, 0.3) is 0 Å². The molecule has 0 saturated heterocycles. The van der Waals surface area contributed by atoms with Crippen LogP contribution in [0.4, 0.5) is 0 Å². The molecule has 0 heterocycles. The highest BCUT2D eigenvalue weighted by Gasteiger charge is 1.89. The van der Waals surface area contributed by atoms with E-state index in [4.69, 9.17) is 10.2 Å². The zero-order chi connectivity index (χ0) is 16.7. The van der Waals surface area contributed by atoms with Crippen LogP contribution in [-0.4, -0.2) is 23.4 Å². The zero-order valence-electron chi connectivity index (χ0n) is 14.8. The fourth-order valence-corrected chi connectivity index (χ4v) is 1.91. The van der Waals surface area contributed by atoms with Gasteiger partial charge in [-0.25, -0.2) is 0 Å². The summed E-state index contributed by atoms with van der Waals surface area (Å²) in [5.74, 6) is 0. The van der Waals surface area contributed by atoms with Crippen molar-refractivity contribution in [1.82, 2.24) is 0 Å². The first kappa shape index (κ1) is 23.4. The number of aliphatic hydroxyl groups is 2. The fourth-order valence-electron chi connectivity index (χ4n) is 1.91. The molecule has 0 aliphatic rings. The Morgan fingerprint density at radius 2 is 1.05 bits per heavy atom. The number of allylic oxidation sites excluding steroid dienone is 6. The molecule has 2 heteroatoms. The van der Waals surface area contributed by atoms with Crippen LogP contribution in [0.3, 0.4) is 0 Å². The maximum absolute atomic E-state index is 8.65. The molecule has 0 radical (unpaired) electrons. The topological polar surface area (TPSA) is 40.5 Å². The quantitative estimate of drug-likeness (QED) is 0.345. The van der Waals surface area contributed by atoms with Gasteiger partial charge >= 0.3 is 0 Å². The summed E-state index contributed by atoms with van der Waals surface area (Å²) in [5.41, 5.74) is 0. The second-order valence-corrected chi connectivity index (χ2v) is 5.24. The van der Waals surface area contributed by atoms with E-state index in [9.17, 15) is 0 Å². The van der Waals surface area contributed by atoms with Gasteiger partial charge in [-0.15, -0.1) is 0 Å². The Kier molecular flexibility index (Phi) is 26.7. The smallest absolute Gasteiger partial charge is 0.0431 e. The molecule has 0 saturated carbocycles. The van der Waals surface area contributed by atoms with Crippen molar-refractivity contribution >= 4 is 0 Å². The van der Waals surface area contributed by atoms with E-state index in [1.54, 1.807) is 6.92 Å². The average molecular weight is 311 g/mol. The molecular formula is C20H38O2. The summed E-state index contributed by atoms with van der Waals surface area (Å²) in [7, 11) is 0. The molecule has 0 aromatic heterocycles. The molecule has 0 fully saturated rings. The van der Waals surface area contributed by atoms with Crippen molar-refractivity contribution in [3.63, 3.8) is 0 Å². The Balaban J connectivity index is 0. The minimum Gasteiger partial charge on any atom is -0.397 e. The van der Waals surface area contributed by atoms with E-state index >= 15 is 0 Å². The highest BCUT2D eigenvalue weighted by Crippen LogP contribution is 2.07. The van der Waals surface area contributed by atoms with Crippen LogP contribution < -0.4 is 0 Å². The Hall–Kier alpha value is -0.860. The van der Waals surface area contributed by atoms with Crippen molar-refractivity contribution in [2.75, 3.05) is 13.2 Å². The maximum Gasteiger partial charge on any atom is 0.0431 e. The monoisotopic (exact) mass is 310 g/mol. The third-order valence-corrected chi connectivity index (χ3v) is 3.06. The van der Waals surface area contributed by atoms with Crippen LogP contribution in [0.2, 0.25) is 0 Å². The van der Waals surface area contributed by atoms with Gasteiger partial charge in [0.15, 0.2) is 0 Å². The largest absolute Gasteiger partial charge is 0.397 e. The molecule has 0 aliphatic heterocycles. The molecule has 2 N–H and O–H groups in total. The van der Waals surface area contributed by atoms with Crippen LogP contribution in [-0.2, 0) is 0 Å². The van der Waals surface area contributed by atoms with Crippen LogP contribution in [0, 0.1) is 0 Å². The lowest BCUT2D eigenvalue weighted by atomic mass is 10.1. The lowest BCUT2D eigenvalue weighted by Gasteiger charge is -1.98. The number of hydrogen-bond donors (Lipinski definition) is 2. The van der Waals surface area contributed by atoms with E-state index in [0.29, 0.717) is 6.61 Å². The predicted octanol–water partition coefficient (Wildman–Crippen LogP) is 5.57. The van der Waals surface area contributed by atoms with Crippen molar-refractivity contribution in [3.05, 3.63) is 36.5 Å². The molecule has 130 valence electrons. The maximum atomic E-state index is 8.65. The highest BCUT2D eigenvalue weighted by molar-refractivity contribution is 4.96. The predicted molar refractivity (Wildman–Crippen MR) is 99.1 cm³/mol. The summed E-state index contributed by atoms with van der Waals surface area (Å²) in [6.07, 6.45) is 25.3. The van der Waals surface area contributed by atoms with Crippen molar-refractivity contribution in [3.8, 4) is 0 Å². The molecule has 0 unspecified atom stereocenters. The standard InChI is InChI=1S/C18H32O.C2H6O/c1-2-3-4-5-6-7-8-9-10-11-12-13-14-15-16-17-18-19;1-2-3/h3-4,6-7,9-10,19H,2,5,8,11-18H2,1H3;3H,2H2,1H3/b4-3-,7-6-,10-9-;. The first-order chi connectivity index (χ1) is 10.8. The first-order valence-corrected chi connectivity index (χ1v) is 9.00. The lowest BCUT2D eigenvalue weighted by Crippen LogP contribution is -1.83. The normalized spacial score (nSPS) is 11.5. The Morgan fingerprint density at radius 3 is 1.59 bits per heavy atom. The van der Waals surface area contributed by atoms with Gasteiger partial charge in [0.1, 0.15) is 0 Å². The molecule has 0 aromatic carbocycles. The number of unbranched alkanes of at least 4 members (excludes halogenated alkanes) is 6. The second-order valence-electron chi connectivity index (χ2n) is 5.24. The summed E-state index contributed by atoms with van der Waals surface area (Å²) < 4.78 is 0. The van der Waals surface area contributed by atoms with Gasteiger partial charge in [0, 0.05) is 13.2 Å². The third-order valence-electron chi connectivity index (χ3n) is 3.06. The summed E-state index contributed by atoms with van der Waals surface area (Å²) >= 11 is 0. The van der Waals surface area contributed by atoms with Gasteiger partial charge in [-0.1, -0.05) is 69.1 Å². The minimum atomic E-state index is 0.250. The molecule has 0 aromatic rings. The van der Waals surface area contributed by atoms with E-state index in [1.807, 2.05) is 0 Å². The summed E-state index contributed by atoms with van der Waals surface area (Å²) in [6.45, 7) is 4.44. The molecule has 2 nitrogen and oxygen atoms in total. The van der Waals surface area contributed by atoms with Gasteiger partial charge in [0.25, 0.3) is 0 Å². The molecule has 0 atom stereocenters. The minimum absolute atomic E-state index is 0.250. The van der Waals surface area contributed by atoms with E-state index in [0.717, 1.165) is 25.7 Å². The average Bonchev–Trinajstić information content (AvgIpc) is 2.52. The molecule has 22 heavy (non-hydrogen) atoms. The van der Waals surface area contributed by atoms with Gasteiger partial charge in [0.05, 0.1) is 0 Å². The highest BCUT2D eigenvalue weighted by atomic mass is 16.3. The molecular weight excluding hydrogens is 272 g/mol. The summed E-state index contributed by atoms with van der Waals surface area (Å²) in [6, 6.07) is 0. The molecule has 0 amide bonds. The van der Waals surface area contributed by atoms with Crippen LogP contribution in [0.5, 0.6) is 0 Å². The number of aliphatic hydroxyl groups excluding tert-OH is 2. The van der Waals surface area contributed by atoms with Crippen molar-refractivity contribution in [1.29, 1.82) is 0 Å². The van der Waals surface area contributed by atoms with E-state index < -0.39 is 0 Å². The first-order valence-electron chi connectivity index (χ1n) is 9.00. The Morgan fingerprint density at radius 1 is 0.591 bits per heavy atom. The Labute approximate surface area is 138 Å². The van der Waals surface area contributed by atoms with Crippen molar-refractivity contribution in [2.45, 2.75) is 78.1 Å². The van der Waals surface area contributed by atoms with Gasteiger partial charge in [0.2, 0.25) is 0 Å². The second kappa shape index (κ2) is 25.1. The molecule has 0 rings (SSSR count). The van der Waals surface area contributed by atoms with Gasteiger partial charge in [-0.3, -0.25) is 0 Å². The van der Waals surface area contributed by atoms with E-state index in [1.165, 1.54) is 38.5 Å². The molecule has 0 bridgehead atoms. The van der Waals surface area contributed by atoms with Crippen molar-refractivity contribution < 1.29 is 10.2 Å². The number of rotatable bonds is 13. The van der Waals surface area contributed by atoms with E-state index in [2.05, 4.69) is 43.4 Å². The SMILES string of the molecule is CC/C=C\C/C=C\C/C=C\CCCCCCCCO.CCO. The van der Waals surface area contributed by atoms with Gasteiger partial charge in [-0.05, 0) is 45.4 Å². The summed E-state index contributed by atoms with van der Waals surface area (Å²) in [5, 5.41) is 16.2. The molecule has 0 spiro atoms. The van der Waals surface area contributed by atoms with Gasteiger partial charge in [-0.2, -0.15) is 0 Å². The molecule has 0 aliphatic carbocycles. The van der Waals surface area contributed by atoms with E-state index in [-0.39, 0.29) is 6.61 Å². The number of hydrogen-bond acceptors (Lipinski definition) is 2. The zero-order valence-corrected chi connectivity index (χ0v) is 14.8.